The van der Waals surface area contributed by atoms with E-state index in [9.17, 15) is 0 Å². The molecule has 2 heterocycles. The molecule has 17 heavy (non-hydrogen) atoms. The second kappa shape index (κ2) is 5.97. The Labute approximate surface area is 103 Å². The second-order valence-electron chi connectivity index (χ2n) is 3.09. The Hall–Kier alpha value is -1.92. The molecule has 2 aromatic heterocycles. The number of fused-ring (bicyclic) bond motifs is 1. The third-order valence-corrected chi connectivity index (χ3v) is 2.52. The van der Waals surface area contributed by atoms with Crippen molar-refractivity contribution in [2.24, 2.45) is 5.14 Å². The summed E-state index contributed by atoms with van der Waals surface area (Å²) in [4.78, 5) is 15.6. The van der Waals surface area contributed by atoms with Crippen molar-refractivity contribution < 1.29 is 0 Å². The molecule has 0 radical (unpaired) electrons. The van der Waals surface area contributed by atoms with Gasteiger partial charge in [0, 0.05) is 4.90 Å². The summed E-state index contributed by atoms with van der Waals surface area (Å²) in [5, 5.41) is 5.27. The average Bonchev–Trinajstić information content (AvgIpc) is 2.89. The highest BCUT2D eigenvalue weighted by atomic mass is 32.2. The fourth-order valence-electron chi connectivity index (χ4n) is 1.19. The maximum atomic E-state index is 5.27. The van der Waals surface area contributed by atoms with E-state index in [1.165, 1.54) is 18.3 Å². The highest BCUT2D eigenvalue weighted by Gasteiger charge is 1.91. The minimum atomic E-state index is 0.713. The monoisotopic (exact) mass is 245 g/mol. The number of rotatable bonds is 1. The molecule has 0 aliphatic rings. The van der Waals surface area contributed by atoms with Gasteiger partial charge in [0.05, 0.1) is 12.5 Å². The number of aromatic amines is 1. The molecular weight excluding hydrogens is 234 g/mol. The SMILES string of the molecule is NSc1ccccc1.c1ncc2[nH]cnc2n1. The van der Waals surface area contributed by atoms with Crippen molar-refractivity contribution >= 4 is 23.1 Å². The van der Waals surface area contributed by atoms with E-state index in [0.717, 1.165) is 10.4 Å². The Balaban J connectivity index is 0.000000128. The number of nitrogens with zero attached hydrogens (tertiary/aromatic N) is 3. The van der Waals surface area contributed by atoms with Gasteiger partial charge < -0.3 is 4.98 Å². The van der Waals surface area contributed by atoms with Gasteiger partial charge in [0.2, 0.25) is 0 Å². The standard InChI is InChI=1S/C6H7NS.C5H4N4/c7-8-6-4-2-1-3-5-6;1-4-5(8-2-6-1)9-3-7-4/h1-5H,7H2;1-3H,(H,6,7,8,9). The molecule has 0 spiro atoms. The summed E-state index contributed by atoms with van der Waals surface area (Å²) in [5.74, 6) is 0. The third-order valence-electron chi connectivity index (χ3n) is 1.98. The first-order chi connectivity index (χ1) is 8.40. The molecule has 3 aromatic rings. The van der Waals surface area contributed by atoms with Crippen LogP contribution in [0.5, 0.6) is 0 Å². The zero-order valence-corrected chi connectivity index (χ0v) is 9.76. The predicted molar refractivity (Wildman–Crippen MR) is 68.2 cm³/mol. The lowest BCUT2D eigenvalue weighted by Gasteiger charge is -1.88. The van der Waals surface area contributed by atoms with Crippen molar-refractivity contribution in [3.8, 4) is 0 Å². The number of aromatic nitrogens is 4. The fourth-order valence-corrected chi connectivity index (χ4v) is 1.50. The van der Waals surface area contributed by atoms with E-state index < -0.39 is 0 Å². The van der Waals surface area contributed by atoms with Gasteiger partial charge in [-0.15, -0.1) is 0 Å². The Bertz CT molecular complexity index is 536. The molecule has 6 heteroatoms. The molecular formula is C11H11N5S. The molecule has 1 aromatic carbocycles. The molecule has 0 saturated carbocycles. The lowest BCUT2D eigenvalue weighted by molar-refractivity contribution is 1.20. The van der Waals surface area contributed by atoms with Crippen molar-refractivity contribution in [2.45, 2.75) is 4.90 Å². The van der Waals surface area contributed by atoms with Gasteiger partial charge in [-0.2, -0.15) is 0 Å². The van der Waals surface area contributed by atoms with E-state index in [0.29, 0.717) is 5.65 Å². The maximum Gasteiger partial charge on any atom is 0.180 e. The number of hydrogen-bond acceptors (Lipinski definition) is 5. The van der Waals surface area contributed by atoms with Crippen LogP contribution in [0.3, 0.4) is 0 Å². The summed E-state index contributed by atoms with van der Waals surface area (Å²) in [7, 11) is 0. The van der Waals surface area contributed by atoms with Crippen LogP contribution in [0.15, 0.2) is 54.1 Å². The summed E-state index contributed by atoms with van der Waals surface area (Å²) in [6.45, 7) is 0. The summed E-state index contributed by atoms with van der Waals surface area (Å²) in [6.07, 6.45) is 4.76. The summed E-state index contributed by atoms with van der Waals surface area (Å²) in [6, 6.07) is 9.86. The molecule has 0 amide bonds. The lowest BCUT2D eigenvalue weighted by Crippen LogP contribution is -1.76. The van der Waals surface area contributed by atoms with Crippen molar-refractivity contribution in [1.29, 1.82) is 0 Å². The first-order valence-corrected chi connectivity index (χ1v) is 5.79. The van der Waals surface area contributed by atoms with Crippen LogP contribution in [0.4, 0.5) is 0 Å². The van der Waals surface area contributed by atoms with Crippen LogP contribution in [0.1, 0.15) is 0 Å². The minimum Gasteiger partial charge on any atom is -0.342 e. The molecule has 0 aliphatic carbocycles. The molecule has 0 bridgehead atoms. The number of nitrogens with one attached hydrogen (secondary N) is 1. The van der Waals surface area contributed by atoms with Crippen LogP contribution in [-0.4, -0.2) is 19.9 Å². The summed E-state index contributed by atoms with van der Waals surface area (Å²) < 4.78 is 0. The van der Waals surface area contributed by atoms with Crippen LogP contribution in [0, 0.1) is 0 Å². The molecule has 0 aliphatic heterocycles. The molecule has 5 nitrogen and oxygen atoms in total. The lowest BCUT2D eigenvalue weighted by atomic mass is 10.4. The Morgan fingerprint density at radius 1 is 1.12 bits per heavy atom. The zero-order chi connectivity index (χ0) is 11.9. The van der Waals surface area contributed by atoms with Gasteiger partial charge in [-0.3, -0.25) is 5.14 Å². The Morgan fingerprint density at radius 2 is 1.94 bits per heavy atom. The van der Waals surface area contributed by atoms with Crippen LogP contribution in [-0.2, 0) is 0 Å². The average molecular weight is 245 g/mol. The quantitative estimate of drug-likeness (QED) is 0.641. The van der Waals surface area contributed by atoms with Crippen molar-refractivity contribution in [3.05, 3.63) is 49.2 Å². The molecule has 3 N–H and O–H groups in total. The van der Waals surface area contributed by atoms with Gasteiger partial charge >= 0.3 is 0 Å². The van der Waals surface area contributed by atoms with Gasteiger partial charge in [0.1, 0.15) is 11.8 Å². The number of H-pyrrole nitrogens is 1. The van der Waals surface area contributed by atoms with E-state index >= 15 is 0 Å². The van der Waals surface area contributed by atoms with Gasteiger partial charge in [-0.05, 0) is 24.1 Å². The maximum absolute atomic E-state index is 5.27. The summed E-state index contributed by atoms with van der Waals surface area (Å²) in [5.41, 5.74) is 1.59. The molecule has 0 atom stereocenters. The topological polar surface area (TPSA) is 80.5 Å². The van der Waals surface area contributed by atoms with E-state index in [4.69, 9.17) is 5.14 Å². The second-order valence-corrected chi connectivity index (χ2v) is 3.80. The number of imidazole rings is 1. The fraction of sp³-hybridized carbons (Fsp3) is 0. The van der Waals surface area contributed by atoms with Crippen LogP contribution in [0.25, 0.3) is 11.2 Å². The first-order valence-electron chi connectivity index (χ1n) is 4.91. The van der Waals surface area contributed by atoms with Crippen molar-refractivity contribution in [1.82, 2.24) is 19.9 Å². The van der Waals surface area contributed by atoms with E-state index in [1.807, 2.05) is 30.3 Å². The van der Waals surface area contributed by atoms with Gasteiger partial charge in [0.15, 0.2) is 5.65 Å². The molecule has 0 saturated heterocycles. The number of hydrogen-bond donors (Lipinski definition) is 2. The van der Waals surface area contributed by atoms with E-state index in [-0.39, 0.29) is 0 Å². The number of nitrogens with two attached hydrogens (primary N) is 1. The molecule has 86 valence electrons. The van der Waals surface area contributed by atoms with Crippen LogP contribution in [0.2, 0.25) is 0 Å². The smallest absolute Gasteiger partial charge is 0.180 e. The highest BCUT2D eigenvalue weighted by Crippen LogP contribution is 2.08. The Kier molecular flexibility index (Phi) is 4.06. The largest absolute Gasteiger partial charge is 0.342 e. The molecule has 0 unspecified atom stereocenters. The van der Waals surface area contributed by atoms with E-state index in [2.05, 4.69) is 19.9 Å². The molecule has 3 rings (SSSR count). The minimum absolute atomic E-state index is 0.713. The Morgan fingerprint density at radius 3 is 2.59 bits per heavy atom. The highest BCUT2D eigenvalue weighted by molar-refractivity contribution is 7.97. The van der Waals surface area contributed by atoms with Crippen LogP contribution >= 0.6 is 11.9 Å². The number of benzene rings is 1. The zero-order valence-electron chi connectivity index (χ0n) is 8.95. The van der Waals surface area contributed by atoms with Gasteiger partial charge in [0.25, 0.3) is 0 Å². The summed E-state index contributed by atoms with van der Waals surface area (Å²) >= 11 is 1.27. The van der Waals surface area contributed by atoms with Gasteiger partial charge in [-0.25, -0.2) is 15.0 Å². The van der Waals surface area contributed by atoms with E-state index in [1.54, 1.807) is 12.5 Å². The predicted octanol–water partition coefficient (Wildman–Crippen LogP) is 2.01. The van der Waals surface area contributed by atoms with Gasteiger partial charge in [-0.1, -0.05) is 18.2 Å². The molecule has 0 fully saturated rings. The third kappa shape index (κ3) is 3.27. The van der Waals surface area contributed by atoms with Crippen molar-refractivity contribution in [3.63, 3.8) is 0 Å². The normalized spacial score (nSPS) is 9.71. The van der Waals surface area contributed by atoms with Crippen molar-refractivity contribution in [2.75, 3.05) is 0 Å². The first kappa shape index (κ1) is 11.6. The van der Waals surface area contributed by atoms with Crippen LogP contribution < -0.4 is 5.14 Å².